The molecule has 1 aromatic heterocycles. The summed E-state index contributed by atoms with van der Waals surface area (Å²) in [5.41, 5.74) is 3.58. The predicted octanol–water partition coefficient (Wildman–Crippen LogP) is 3.83. The molecule has 0 aliphatic heterocycles. The van der Waals surface area contributed by atoms with Crippen molar-refractivity contribution in [1.82, 2.24) is 15.1 Å². The standard InChI is InChI=1S/C15H20BrN3/c1-11-12(9-17-15(2,3)4)10-18-19(11)14-8-6-5-7-13(14)16/h5-8,10,17H,9H2,1-4H3. The molecule has 1 heterocycles. The SMILES string of the molecule is Cc1c(CNC(C)(C)C)cnn1-c1ccccc1Br. The van der Waals surface area contributed by atoms with Gasteiger partial charge in [0.1, 0.15) is 0 Å². The van der Waals surface area contributed by atoms with Crippen molar-refractivity contribution in [2.45, 2.75) is 39.8 Å². The van der Waals surface area contributed by atoms with Gasteiger partial charge in [0, 0.05) is 27.8 Å². The van der Waals surface area contributed by atoms with Gasteiger partial charge in [-0.2, -0.15) is 5.10 Å². The van der Waals surface area contributed by atoms with Crippen LogP contribution in [0.1, 0.15) is 32.0 Å². The number of hydrogen-bond acceptors (Lipinski definition) is 2. The fourth-order valence-electron chi connectivity index (χ4n) is 1.84. The van der Waals surface area contributed by atoms with Crippen LogP contribution in [0.4, 0.5) is 0 Å². The van der Waals surface area contributed by atoms with Gasteiger partial charge in [-0.1, -0.05) is 12.1 Å². The number of aromatic nitrogens is 2. The van der Waals surface area contributed by atoms with Gasteiger partial charge >= 0.3 is 0 Å². The Labute approximate surface area is 123 Å². The summed E-state index contributed by atoms with van der Waals surface area (Å²) < 4.78 is 3.03. The van der Waals surface area contributed by atoms with Crippen LogP contribution < -0.4 is 5.32 Å². The maximum absolute atomic E-state index is 4.49. The number of benzene rings is 1. The van der Waals surface area contributed by atoms with Gasteiger partial charge in [-0.15, -0.1) is 0 Å². The van der Waals surface area contributed by atoms with Crippen molar-refractivity contribution in [3.63, 3.8) is 0 Å². The second kappa shape index (κ2) is 5.47. The Bertz CT molecular complexity index is 567. The zero-order chi connectivity index (χ0) is 14.0. The summed E-state index contributed by atoms with van der Waals surface area (Å²) >= 11 is 3.57. The topological polar surface area (TPSA) is 29.9 Å². The lowest BCUT2D eigenvalue weighted by Gasteiger charge is -2.20. The van der Waals surface area contributed by atoms with Crippen LogP contribution in [-0.4, -0.2) is 15.3 Å². The second-order valence-electron chi connectivity index (χ2n) is 5.72. The molecule has 0 aliphatic carbocycles. The van der Waals surface area contributed by atoms with E-state index in [1.54, 1.807) is 0 Å². The first-order valence-corrected chi connectivity index (χ1v) is 7.21. The summed E-state index contributed by atoms with van der Waals surface area (Å²) in [6.45, 7) is 9.44. The van der Waals surface area contributed by atoms with Crippen LogP contribution in [-0.2, 0) is 6.54 Å². The van der Waals surface area contributed by atoms with E-state index in [-0.39, 0.29) is 5.54 Å². The van der Waals surface area contributed by atoms with Crippen molar-refractivity contribution in [1.29, 1.82) is 0 Å². The van der Waals surface area contributed by atoms with Crippen molar-refractivity contribution in [2.24, 2.45) is 0 Å². The van der Waals surface area contributed by atoms with Gasteiger partial charge in [-0.3, -0.25) is 0 Å². The lowest BCUT2D eigenvalue weighted by molar-refractivity contribution is 0.424. The van der Waals surface area contributed by atoms with E-state index < -0.39 is 0 Å². The summed E-state index contributed by atoms with van der Waals surface area (Å²) in [6.07, 6.45) is 1.94. The van der Waals surface area contributed by atoms with Crippen LogP contribution in [0.5, 0.6) is 0 Å². The smallest absolute Gasteiger partial charge is 0.0790 e. The zero-order valence-electron chi connectivity index (χ0n) is 11.9. The number of para-hydroxylation sites is 1. The number of halogens is 1. The minimum absolute atomic E-state index is 0.113. The highest BCUT2D eigenvalue weighted by molar-refractivity contribution is 9.10. The molecule has 2 aromatic rings. The molecular formula is C15H20BrN3. The minimum atomic E-state index is 0.113. The molecule has 4 heteroatoms. The molecular weight excluding hydrogens is 302 g/mol. The van der Waals surface area contributed by atoms with Crippen molar-refractivity contribution >= 4 is 15.9 Å². The molecule has 0 saturated carbocycles. The summed E-state index contributed by atoms with van der Waals surface area (Å²) in [4.78, 5) is 0. The molecule has 0 saturated heterocycles. The van der Waals surface area contributed by atoms with E-state index in [0.717, 1.165) is 16.7 Å². The molecule has 2 rings (SSSR count). The molecule has 1 N–H and O–H groups in total. The average molecular weight is 322 g/mol. The number of hydrogen-bond donors (Lipinski definition) is 1. The Morgan fingerprint density at radius 3 is 2.58 bits per heavy atom. The molecule has 0 amide bonds. The Morgan fingerprint density at radius 2 is 1.95 bits per heavy atom. The Morgan fingerprint density at radius 1 is 1.26 bits per heavy atom. The molecule has 0 radical (unpaired) electrons. The molecule has 0 bridgehead atoms. The van der Waals surface area contributed by atoms with Crippen LogP contribution in [0.3, 0.4) is 0 Å². The minimum Gasteiger partial charge on any atom is -0.308 e. The van der Waals surface area contributed by atoms with Gasteiger partial charge < -0.3 is 5.32 Å². The third kappa shape index (κ3) is 3.45. The van der Waals surface area contributed by atoms with Crippen LogP contribution in [0.25, 0.3) is 5.69 Å². The van der Waals surface area contributed by atoms with Crippen LogP contribution in [0.2, 0.25) is 0 Å². The number of rotatable bonds is 3. The molecule has 0 spiro atoms. The molecule has 19 heavy (non-hydrogen) atoms. The van der Waals surface area contributed by atoms with E-state index in [1.807, 2.05) is 29.1 Å². The Kier molecular flexibility index (Phi) is 4.11. The number of nitrogens with zero attached hydrogens (tertiary/aromatic N) is 2. The summed E-state index contributed by atoms with van der Waals surface area (Å²) in [6, 6.07) is 8.12. The highest BCUT2D eigenvalue weighted by Gasteiger charge is 2.13. The van der Waals surface area contributed by atoms with E-state index in [9.17, 15) is 0 Å². The summed E-state index contributed by atoms with van der Waals surface area (Å²) in [7, 11) is 0. The van der Waals surface area contributed by atoms with E-state index in [4.69, 9.17) is 0 Å². The first kappa shape index (κ1) is 14.3. The van der Waals surface area contributed by atoms with Gasteiger partial charge in [0.05, 0.1) is 11.9 Å². The summed E-state index contributed by atoms with van der Waals surface area (Å²) in [5, 5.41) is 7.99. The second-order valence-corrected chi connectivity index (χ2v) is 6.58. The lowest BCUT2D eigenvalue weighted by Crippen LogP contribution is -2.35. The third-order valence-electron chi connectivity index (χ3n) is 3.00. The van der Waals surface area contributed by atoms with Crippen LogP contribution in [0.15, 0.2) is 34.9 Å². The Balaban J connectivity index is 2.26. The zero-order valence-corrected chi connectivity index (χ0v) is 13.5. The monoisotopic (exact) mass is 321 g/mol. The third-order valence-corrected chi connectivity index (χ3v) is 3.67. The highest BCUT2D eigenvalue weighted by Crippen LogP contribution is 2.22. The van der Waals surface area contributed by atoms with E-state index in [1.165, 1.54) is 11.3 Å². The lowest BCUT2D eigenvalue weighted by atomic mass is 10.1. The molecule has 1 aromatic carbocycles. The van der Waals surface area contributed by atoms with E-state index in [0.29, 0.717) is 0 Å². The van der Waals surface area contributed by atoms with E-state index >= 15 is 0 Å². The molecule has 0 unspecified atom stereocenters. The van der Waals surface area contributed by atoms with Crippen molar-refractivity contribution in [3.8, 4) is 5.69 Å². The molecule has 102 valence electrons. The molecule has 3 nitrogen and oxygen atoms in total. The predicted molar refractivity (Wildman–Crippen MR) is 82.6 cm³/mol. The first-order chi connectivity index (χ1) is 8.88. The van der Waals surface area contributed by atoms with Crippen LogP contribution >= 0.6 is 15.9 Å². The molecule has 0 atom stereocenters. The molecule has 0 fully saturated rings. The van der Waals surface area contributed by atoms with Gasteiger partial charge in [-0.05, 0) is 55.8 Å². The number of nitrogens with one attached hydrogen (secondary N) is 1. The molecule has 0 aliphatic rings. The summed E-state index contributed by atoms with van der Waals surface area (Å²) in [5.74, 6) is 0. The highest BCUT2D eigenvalue weighted by atomic mass is 79.9. The van der Waals surface area contributed by atoms with Crippen molar-refractivity contribution in [2.75, 3.05) is 0 Å². The van der Waals surface area contributed by atoms with Gasteiger partial charge in [-0.25, -0.2) is 4.68 Å². The maximum atomic E-state index is 4.49. The van der Waals surface area contributed by atoms with Gasteiger partial charge in [0.15, 0.2) is 0 Å². The maximum Gasteiger partial charge on any atom is 0.0790 e. The van der Waals surface area contributed by atoms with Crippen molar-refractivity contribution in [3.05, 3.63) is 46.2 Å². The Hall–Kier alpha value is -1.13. The fraction of sp³-hybridized carbons (Fsp3) is 0.400. The average Bonchev–Trinajstić information content (AvgIpc) is 2.68. The van der Waals surface area contributed by atoms with E-state index in [2.05, 4.69) is 60.1 Å². The van der Waals surface area contributed by atoms with Gasteiger partial charge in [0.2, 0.25) is 0 Å². The quantitative estimate of drug-likeness (QED) is 0.931. The fourth-order valence-corrected chi connectivity index (χ4v) is 2.30. The normalized spacial score (nSPS) is 11.8. The van der Waals surface area contributed by atoms with Gasteiger partial charge in [0.25, 0.3) is 0 Å². The first-order valence-electron chi connectivity index (χ1n) is 6.42. The van der Waals surface area contributed by atoms with Crippen LogP contribution in [0, 0.1) is 6.92 Å². The largest absolute Gasteiger partial charge is 0.308 e. The van der Waals surface area contributed by atoms with Crippen molar-refractivity contribution < 1.29 is 0 Å².